The van der Waals surface area contributed by atoms with Gasteiger partial charge in [-0.1, -0.05) is 20.8 Å². The molecule has 18 heavy (non-hydrogen) atoms. The van der Waals surface area contributed by atoms with Gasteiger partial charge in [0.1, 0.15) is 0 Å². The molecule has 110 valence electrons. The van der Waals surface area contributed by atoms with Crippen molar-refractivity contribution in [2.45, 2.75) is 64.8 Å². The Morgan fingerprint density at radius 1 is 1.22 bits per heavy atom. The maximum absolute atomic E-state index is 12.9. The highest BCUT2D eigenvalue weighted by atomic mass is 31.2. The van der Waals surface area contributed by atoms with Gasteiger partial charge in [0.25, 0.3) is 0 Å². The summed E-state index contributed by atoms with van der Waals surface area (Å²) in [6.45, 7) is 5.67. The lowest BCUT2D eigenvalue weighted by atomic mass is 9.97. The monoisotopic (exact) mass is 292 g/mol. The van der Waals surface area contributed by atoms with Gasteiger partial charge in [-0.15, -0.1) is 0 Å². The largest absolute Gasteiger partial charge is 0.473 e. The molecule has 0 spiro atoms. The third kappa shape index (κ3) is 4.53. The van der Waals surface area contributed by atoms with Gasteiger partial charge in [0.2, 0.25) is 0 Å². The van der Waals surface area contributed by atoms with Crippen molar-refractivity contribution >= 4 is 7.82 Å². The van der Waals surface area contributed by atoms with Gasteiger partial charge >= 0.3 is 14.0 Å². The Morgan fingerprint density at radius 2 is 1.67 bits per heavy atom. The summed E-state index contributed by atoms with van der Waals surface area (Å²) in [7, 11) is -4.74. The maximum Gasteiger partial charge on any atom is 0.473 e. The summed E-state index contributed by atoms with van der Waals surface area (Å²) < 4.78 is 59.4. The lowest BCUT2D eigenvalue weighted by molar-refractivity contribution is -0.256. The van der Waals surface area contributed by atoms with E-state index in [1.54, 1.807) is 6.92 Å². The first kappa shape index (κ1) is 17.9. The molecule has 0 saturated carbocycles. The Kier molecular flexibility index (Phi) is 6.33. The van der Waals surface area contributed by atoms with E-state index in [0.717, 1.165) is 0 Å². The van der Waals surface area contributed by atoms with E-state index in [-0.39, 0.29) is 0 Å². The second-order valence-corrected chi connectivity index (χ2v) is 5.41. The van der Waals surface area contributed by atoms with E-state index in [0.29, 0.717) is 6.42 Å². The number of hydrogen-bond donors (Lipinski definition) is 1. The number of phosphoric ester groups is 1. The highest BCUT2D eigenvalue weighted by Crippen LogP contribution is 2.54. The molecule has 0 rings (SSSR count). The summed E-state index contributed by atoms with van der Waals surface area (Å²) in [5.74, 6) is 0. The zero-order valence-electron chi connectivity index (χ0n) is 11.0. The summed E-state index contributed by atoms with van der Waals surface area (Å²) in [5.41, 5.74) is -2.65. The Morgan fingerprint density at radius 3 is 1.94 bits per heavy atom. The summed E-state index contributed by atoms with van der Waals surface area (Å²) in [4.78, 5) is 9.39. The molecule has 2 atom stereocenters. The molecular formula is C10H20F3O4P. The molecule has 0 amide bonds. The van der Waals surface area contributed by atoms with E-state index < -0.39 is 38.5 Å². The summed E-state index contributed by atoms with van der Waals surface area (Å²) in [6, 6.07) is 0. The van der Waals surface area contributed by atoms with Crippen LogP contribution in [0.4, 0.5) is 13.2 Å². The van der Waals surface area contributed by atoms with Gasteiger partial charge in [-0.2, -0.15) is 13.2 Å². The quantitative estimate of drug-likeness (QED) is 0.719. The fourth-order valence-corrected chi connectivity index (χ4v) is 2.83. The van der Waals surface area contributed by atoms with Crippen molar-refractivity contribution in [1.29, 1.82) is 0 Å². The highest BCUT2D eigenvalue weighted by Gasteiger charge is 2.57. The number of rotatable bonds is 7. The molecule has 0 aromatic carbocycles. The zero-order valence-corrected chi connectivity index (χ0v) is 11.8. The average Bonchev–Trinajstić information content (AvgIpc) is 2.23. The predicted octanol–water partition coefficient (Wildman–Crippen LogP) is 4.04. The lowest BCUT2D eigenvalue weighted by Crippen LogP contribution is -2.46. The van der Waals surface area contributed by atoms with Crippen LogP contribution in [-0.2, 0) is 13.6 Å². The van der Waals surface area contributed by atoms with Gasteiger partial charge in [0, 0.05) is 0 Å². The fourth-order valence-electron chi connectivity index (χ4n) is 1.38. The van der Waals surface area contributed by atoms with Crippen molar-refractivity contribution in [2.24, 2.45) is 0 Å². The fraction of sp³-hybridized carbons (Fsp3) is 1.00. The Bertz CT molecular complexity index is 302. The first-order chi connectivity index (χ1) is 8.03. The van der Waals surface area contributed by atoms with Crippen molar-refractivity contribution in [3.63, 3.8) is 0 Å². The minimum absolute atomic E-state index is 0.394. The molecule has 0 bridgehead atoms. The van der Waals surface area contributed by atoms with Crippen LogP contribution < -0.4 is 0 Å². The maximum atomic E-state index is 12.9. The van der Waals surface area contributed by atoms with E-state index >= 15 is 0 Å². The van der Waals surface area contributed by atoms with Crippen LogP contribution in [0.15, 0.2) is 0 Å². The molecular weight excluding hydrogens is 272 g/mol. The van der Waals surface area contributed by atoms with Gasteiger partial charge in [-0.3, -0.25) is 9.05 Å². The third-order valence-corrected chi connectivity index (χ3v) is 4.04. The van der Waals surface area contributed by atoms with Crippen LogP contribution in [0.5, 0.6) is 0 Å². The van der Waals surface area contributed by atoms with Crippen molar-refractivity contribution < 1.29 is 31.7 Å². The van der Waals surface area contributed by atoms with E-state index in [1.165, 1.54) is 20.8 Å². The van der Waals surface area contributed by atoms with E-state index in [4.69, 9.17) is 0 Å². The van der Waals surface area contributed by atoms with E-state index in [9.17, 15) is 22.6 Å². The minimum Gasteiger partial charge on any atom is -0.302 e. The van der Waals surface area contributed by atoms with Crippen LogP contribution in [0.25, 0.3) is 0 Å². The molecule has 0 aliphatic heterocycles. The Hall–Kier alpha value is -0.100. The van der Waals surface area contributed by atoms with Crippen LogP contribution in [-0.4, -0.2) is 22.8 Å². The summed E-state index contributed by atoms with van der Waals surface area (Å²) in [6.07, 6.45) is -5.90. The number of alkyl halides is 3. The number of phosphoric acid groups is 1. The molecule has 0 aromatic rings. The highest BCUT2D eigenvalue weighted by molar-refractivity contribution is 7.47. The van der Waals surface area contributed by atoms with Crippen molar-refractivity contribution in [1.82, 2.24) is 0 Å². The molecule has 8 heteroatoms. The summed E-state index contributed by atoms with van der Waals surface area (Å²) in [5, 5.41) is 0. The van der Waals surface area contributed by atoms with Crippen LogP contribution in [0.2, 0.25) is 0 Å². The van der Waals surface area contributed by atoms with Gasteiger partial charge in [-0.25, -0.2) is 4.57 Å². The Labute approximate surface area is 105 Å². The average molecular weight is 292 g/mol. The van der Waals surface area contributed by atoms with Gasteiger partial charge in [0.05, 0.1) is 6.10 Å². The molecule has 0 saturated heterocycles. The first-order valence-electron chi connectivity index (χ1n) is 5.82. The molecule has 0 aliphatic carbocycles. The normalized spacial score (nSPS) is 18.4. The number of hydrogen-bond acceptors (Lipinski definition) is 3. The Balaban J connectivity index is 5.05. The topological polar surface area (TPSA) is 55.8 Å². The van der Waals surface area contributed by atoms with Gasteiger partial charge in [-0.05, 0) is 26.2 Å². The number of halogens is 3. The van der Waals surface area contributed by atoms with Gasteiger partial charge < -0.3 is 4.89 Å². The molecule has 0 heterocycles. The molecule has 0 fully saturated rings. The van der Waals surface area contributed by atoms with Crippen LogP contribution in [0.1, 0.15) is 47.0 Å². The second kappa shape index (κ2) is 6.37. The van der Waals surface area contributed by atoms with Crippen molar-refractivity contribution in [3.05, 3.63) is 0 Å². The first-order valence-corrected chi connectivity index (χ1v) is 7.31. The molecule has 0 radical (unpaired) electrons. The standard InChI is InChI=1S/C10H20F3O4P/c1-5-8(4)16-18(14,15)17-9(6-2,7-3)10(11,12)13/h8H,5-7H2,1-4H3,(H,14,15). The van der Waals surface area contributed by atoms with Crippen LogP contribution in [0, 0.1) is 0 Å². The lowest BCUT2D eigenvalue weighted by Gasteiger charge is -2.35. The van der Waals surface area contributed by atoms with Crippen LogP contribution in [0.3, 0.4) is 0 Å². The third-order valence-electron chi connectivity index (χ3n) is 2.84. The predicted molar refractivity (Wildman–Crippen MR) is 61.1 cm³/mol. The second-order valence-electron chi connectivity index (χ2n) is 4.08. The van der Waals surface area contributed by atoms with E-state index in [2.05, 4.69) is 9.05 Å². The van der Waals surface area contributed by atoms with E-state index in [1.807, 2.05) is 0 Å². The molecule has 2 unspecified atom stereocenters. The van der Waals surface area contributed by atoms with Crippen LogP contribution >= 0.6 is 7.82 Å². The van der Waals surface area contributed by atoms with Gasteiger partial charge in [0.15, 0.2) is 5.60 Å². The van der Waals surface area contributed by atoms with Crippen molar-refractivity contribution in [3.8, 4) is 0 Å². The zero-order chi connectivity index (χ0) is 14.6. The van der Waals surface area contributed by atoms with Crippen molar-refractivity contribution in [2.75, 3.05) is 0 Å². The molecule has 0 aromatic heterocycles. The molecule has 0 aliphatic rings. The SMILES string of the molecule is CCC(C)OP(=O)(O)OC(CC)(CC)C(F)(F)F. The molecule has 1 N–H and O–H groups in total. The molecule has 4 nitrogen and oxygen atoms in total. The summed E-state index contributed by atoms with van der Waals surface area (Å²) >= 11 is 0. The minimum atomic E-state index is -4.74. The smallest absolute Gasteiger partial charge is 0.302 e.